The fourth-order valence-corrected chi connectivity index (χ4v) is 2.21. The largest absolute Gasteiger partial charge is 0.384 e. The van der Waals surface area contributed by atoms with Crippen molar-refractivity contribution in [2.75, 3.05) is 5.73 Å². The van der Waals surface area contributed by atoms with Crippen LogP contribution in [0.4, 0.5) is 5.82 Å². The second-order valence-corrected chi connectivity index (χ2v) is 5.07. The Hall–Kier alpha value is -2.49. The van der Waals surface area contributed by atoms with Gasteiger partial charge in [0.2, 0.25) is 0 Å². The lowest BCUT2D eigenvalue weighted by molar-refractivity contribution is 0.779. The second-order valence-electron chi connectivity index (χ2n) is 5.07. The molecule has 0 bridgehead atoms. The minimum Gasteiger partial charge on any atom is -0.384 e. The third-order valence-electron chi connectivity index (χ3n) is 3.20. The molecule has 20 heavy (non-hydrogen) atoms. The molecule has 2 N–H and O–H groups in total. The van der Waals surface area contributed by atoms with Crippen molar-refractivity contribution in [3.63, 3.8) is 0 Å². The van der Waals surface area contributed by atoms with E-state index in [4.69, 9.17) is 5.73 Å². The summed E-state index contributed by atoms with van der Waals surface area (Å²) >= 11 is 0. The van der Waals surface area contributed by atoms with Gasteiger partial charge in [0.05, 0.1) is 11.2 Å². The van der Waals surface area contributed by atoms with Crippen LogP contribution in [0.2, 0.25) is 0 Å². The van der Waals surface area contributed by atoms with E-state index < -0.39 is 0 Å². The number of aromatic nitrogens is 3. The molecule has 1 aromatic carbocycles. The topological polar surface area (TPSA) is 64.7 Å². The highest BCUT2D eigenvalue weighted by Crippen LogP contribution is 2.27. The number of rotatable bonds is 2. The maximum atomic E-state index is 5.91. The summed E-state index contributed by atoms with van der Waals surface area (Å²) in [5.41, 5.74) is 8.74. The van der Waals surface area contributed by atoms with Crippen molar-refractivity contribution in [3.8, 4) is 11.3 Å². The van der Waals surface area contributed by atoms with Gasteiger partial charge in [-0.25, -0.2) is 9.97 Å². The SMILES string of the molecule is CC(C)c1nc(N)cc(-c2cccc3ncccc23)n1. The molecular formula is C16H16N4. The van der Waals surface area contributed by atoms with Gasteiger partial charge in [0.25, 0.3) is 0 Å². The molecule has 0 amide bonds. The first-order chi connectivity index (χ1) is 9.65. The third kappa shape index (κ3) is 2.20. The molecule has 4 heteroatoms. The first-order valence-corrected chi connectivity index (χ1v) is 6.63. The average molecular weight is 264 g/mol. The van der Waals surface area contributed by atoms with E-state index in [1.54, 1.807) is 6.20 Å². The van der Waals surface area contributed by atoms with Crippen LogP contribution in [0, 0.1) is 0 Å². The Bertz CT molecular complexity index is 760. The molecule has 0 saturated heterocycles. The predicted molar refractivity (Wildman–Crippen MR) is 81.3 cm³/mol. The van der Waals surface area contributed by atoms with Gasteiger partial charge in [0.15, 0.2) is 0 Å². The average Bonchev–Trinajstić information content (AvgIpc) is 2.46. The zero-order chi connectivity index (χ0) is 14.1. The van der Waals surface area contributed by atoms with Gasteiger partial charge in [-0.3, -0.25) is 4.98 Å². The van der Waals surface area contributed by atoms with E-state index in [-0.39, 0.29) is 5.92 Å². The van der Waals surface area contributed by atoms with Gasteiger partial charge in [0.1, 0.15) is 11.6 Å². The molecular weight excluding hydrogens is 248 g/mol. The fourth-order valence-electron chi connectivity index (χ4n) is 2.21. The van der Waals surface area contributed by atoms with Crippen molar-refractivity contribution in [3.05, 3.63) is 48.4 Å². The van der Waals surface area contributed by atoms with Gasteiger partial charge in [-0.2, -0.15) is 0 Å². The summed E-state index contributed by atoms with van der Waals surface area (Å²) in [5.74, 6) is 1.51. The van der Waals surface area contributed by atoms with Gasteiger partial charge in [-0.15, -0.1) is 0 Å². The first kappa shape index (κ1) is 12.5. The van der Waals surface area contributed by atoms with Gasteiger partial charge < -0.3 is 5.73 Å². The number of fused-ring (bicyclic) bond motifs is 1. The van der Waals surface area contributed by atoms with Crippen LogP contribution < -0.4 is 5.73 Å². The lowest BCUT2D eigenvalue weighted by Gasteiger charge is -2.10. The zero-order valence-electron chi connectivity index (χ0n) is 11.5. The van der Waals surface area contributed by atoms with E-state index >= 15 is 0 Å². The molecule has 0 unspecified atom stereocenters. The van der Waals surface area contributed by atoms with Crippen molar-refractivity contribution in [2.24, 2.45) is 0 Å². The molecule has 0 radical (unpaired) electrons. The maximum Gasteiger partial charge on any atom is 0.133 e. The lowest BCUT2D eigenvalue weighted by Crippen LogP contribution is -2.03. The molecule has 0 saturated carbocycles. The summed E-state index contributed by atoms with van der Waals surface area (Å²) in [6.07, 6.45) is 1.79. The highest BCUT2D eigenvalue weighted by atomic mass is 14.9. The van der Waals surface area contributed by atoms with Crippen LogP contribution in [0.25, 0.3) is 22.2 Å². The molecule has 100 valence electrons. The minimum atomic E-state index is 0.241. The molecule has 0 aliphatic rings. The molecule has 2 heterocycles. The molecule has 2 aromatic heterocycles. The number of anilines is 1. The Kier molecular flexibility index (Phi) is 3.06. The van der Waals surface area contributed by atoms with E-state index in [1.807, 2.05) is 36.4 Å². The third-order valence-corrected chi connectivity index (χ3v) is 3.20. The van der Waals surface area contributed by atoms with E-state index in [0.717, 1.165) is 28.0 Å². The van der Waals surface area contributed by atoms with Crippen molar-refractivity contribution in [1.29, 1.82) is 0 Å². The van der Waals surface area contributed by atoms with Gasteiger partial charge in [-0.1, -0.05) is 32.0 Å². The quantitative estimate of drug-likeness (QED) is 0.770. The summed E-state index contributed by atoms with van der Waals surface area (Å²) < 4.78 is 0. The van der Waals surface area contributed by atoms with Crippen LogP contribution in [0.15, 0.2) is 42.6 Å². The Morgan fingerprint density at radius 3 is 2.70 bits per heavy atom. The number of hydrogen-bond acceptors (Lipinski definition) is 4. The fraction of sp³-hybridized carbons (Fsp3) is 0.188. The summed E-state index contributed by atoms with van der Waals surface area (Å²) in [7, 11) is 0. The van der Waals surface area contributed by atoms with Crippen LogP contribution in [0.5, 0.6) is 0 Å². The molecule has 3 aromatic rings. The summed E-state index contributed by atoms with van der Waals surface area (Å²) in [4.78, 5) is 13.3. The standard InChI is InChI=1S/C16H16N4/c1-10(2)16-19-14(9-15(17)20-16)12-5-3-7-13-11(12)6-4-8-18-13/h3-10H,1-2H3,(H2,17,19,20). The lowest BCUT2D eigenvalue weighted by atomic mass is 10.0. The Balaban J connectivity index is 2.25. The monoisotopic (exact) mass is 264 g/mol. The van der Waals surface area contributed by atoms with E-state index in [2.05, 4.69) is 28.8 Å². The molecule has 0 fully saturated rings. The van der Waals surface area contributed by atoms with Crippen LogP contribution in [-0.2, 0) is 0 Å². The minimum absolute atomic E-state index is 0.241. The van der Waals surface area contributed by atoms with Crippen LogP contribution in [0.1, 0.15) is 25.6 Å². The molecule has 4 nitrogen and oxygen atoms in total. The van der Waals surface area contributed by atoms with Crippen LogP contribution >= 0.6 is 0 Å². The molecule has 3 rings (SSSR count). The first-order valence-electron chi connectivity index (χ1n) is 6.63. The van der Waals surface area contributed by atoms with Crippen molar-refractivity contribution < 1.29 is 0 Å². The Morgan fingerprint density at radius 2 is 1.90 bits per heavy atom. The summed E-state index contributed by atoms with van der Waals surface area (Å²) in [5, 5.41) is 1.07. The summed E-state index contributed by atoms with van der Waals surface area (Å²) in [6, 6.07) is 11.8. The normalized spacial score (nSPS) is 11.2. The van der Waals surface area contributed by atoms with E-state index in [1.165, 1.54) is 0 Å². The number of nitrogens with two attached hydrogens (primary N) is 1. The number of nitrogens with zero attached hydrogens (tertiary/aromatic N) is 3. The smallest absolute Gasteiger partial charge is 0.133 e. The highest BCUT2D eigenvalue weighted by molar-refractivity contribution is 5.93. The van der Waals surface area contributed by atoms with Gasteiger partial charge in [-0.05, 0) is 12.1 Å². The van der Waals surface area contributed by atoms with E-state index in [9.17, 15) is 0 Å². The molecule has 0 spiro atoms. The molecule has 0 aliphatic carbocycles. The number of hydrogen-bond donors (Lipinski definition) is 1. The Morgan fingerprint density at radius 1 is 1.05 bits per heavy atom. The number of pyridine rings is 1. The number of nitrogen functional groups attached to an aromatic ring is 1. The predicted octanol–water partition coefficient (Wildman–Crippen LogP) is 3.40. The van der Waals surface area contributed by atoms with Crippen molar-refractivity contribution in [2.45, 2.75) is 19.8 Å². The van der Waals surface area contributed by atoms with Gasteiger partial charge in [0, 0.05) is 29.1 Å². The van der Waals surface area contributed by atoms with E-state index in [0.29, 0.717) is 5.82 Å². The molecule has 0 atom stereocenters. The summed E-state index contributed by atoms with van der Waals surface area (Å²) in [6.45, 7) is 4.12. The van der Waals surface area contributed by atoms with Crippen LogP contribution in [0.3, 0.4) is 0 Å². The second kappa shape index (κ2) is 4.89. The highest BCUT2D eigenvalue weighted by Gasteiger charge is 2.10. The number of benzene rings is 1. The van der Waals surface area contributed by atoms with Crippen molar-refractivity contribution >= 4 is 16.7 Å². The van der Waals surface area contributed by atoms with Crippen LogP contribution in [-0.4, -0.2) is 15.0 Å². The Labute approximate surface area is 117 Å². The molecule has 0 aliphatic heterocycles. The maximum absolute atomic E-state index is 5.91. The zero-order valence-corrected chi connectivity index (χ0v) is 11.5. The van der Waals surface area contributed by atoms with Gasteiger partial charge >= 0.3 is 0 Å². The van der Waals surface area contributed by atoms with Crippen molar-refractivity contribution in [1.82, 2.24) is 15.0 Å².